The smallest absolute Gasteiger partial charge is 0.200 e. The molecule has 0 aliphatic rings. The van der Waals surface area contributed by atoms with Gasteiger partial charge in [-0.1, -0.05) is 6.92 Å². The third-order valence-corrected chi connectivity index (χ3v) is 2.57. The van der Waals surface area contributed by atoms with Gasteiger partial charge in [0.1, 0.15) is 0 Å². The number of rotatable bonds is 6. The van der Waals surface area contributed by atoms with Crippen LogP contribution in [0.3, 0.4) is 0 Å². The molecule has 0 aromatic heterocycles. The summed E-state index contributed by atoms with van der Waals surface area (Å²) >= 11 is 0. The van der Waals surface area contributed by atoms with Crippen LogP contribution in [0.1, 0.15) is 24.9 Å². The van der Waals surface area contributed by atoms with Gasteiger partial charge in [-0.05, 0) is 13.0 Å². The van der Waals surface area contributed by atoms with Gasteiger partial charge >= 0.3 is 0 Å². The summed E-state index contributed by atoms with van der Waals surface area (Å²) in [5.74, 6) is -9.73. The Morgan fingerprint density at radius 3 is 1.84 bits per heavy atom. The third kappa shape index (κ3) is 3.22. The van der Waals surface area contributed by atoms with Crippen LogP contribution in [-0.2, 0) is 4.74 Å². The molecule has 0 aliphatic carbocycles. The summed E-state index contributed by atoms with van der Waals surface area (Å²) in [5, 5.41) is 2.68. The van der Waals surface area contributed by atoms with E-state index in [0.717, 1.165) is 0 Å². The van der Waals surface area contributed by atoms with E-state index < -0.39 is 40.7 Å². The third-order valence-electron chi connectivity index (χ3n) is 2.57. The van der Waals surface area contributed by atoms with Crippen molar-refractivity contribution >= 4 is 0 Å². The lowest BCUT2D eigenvalue weighted by atomic mass is 10.0. The van der Waals surface area contributed by atoms with Crippen molar-refractivity contribution in [1.29, 1.82) is 0 Å². The Balaban J connectivity index is 3.29. The van der Waals surface area contributed by atoms with E-state index >= 15 is 0 Å². The lowest BCUT2D eigenvalue weighted by molar-refractivity contribution is 0.162. The first-order valence-electron chi connectivity index (χ1n) is 5.69. The standard InChI is InChI=1S/C12H14F5NO/c1-3-4-18-6(5-19-2)7-8(13)10(15)12(17)11(16)9(7)14/h6,18H,3-5H2,1-2H3. The molecule has 19 heavy (non-hydrogen) atoms. The van der Waals surface area contributed by atoms with E-state index in [-0.39, 0.29) is 6.61 Å². The maximum atomic E-state index is 13.6. The number of ether oxygens (including phenoxy) is 1. The molecule has 1 atom stereocenters. The molecule has 0 spiro atoms. The molecule has 7 heteroatoms. The Bertz CT molecular complexity index is 423. The molecule has 1 aromatic carbocycles. The largest absolute Gasteiger partial charge is 0.383 e. The maximum absolute atomic E-state index is 13.6. The van der Waals surface area contributed by atoms with Crippen LogP contribution in [0.25, 0.3) is 0 Å². The van der Waals surface area contributed by atoms with Gasteiger partial charge in [0.25, 0.3) is 0 Å². The van der Waals surface area contributed by atoms with Crippen molar-refractivity contribution in [3.63, 3.8) is 0 Å². The van der Waals surface area contributed by atoms with Gasteiger partial charge in [-0.2, -0.15) is 0 Å². The van der Waals surface area contributed by atoms with Crippen molar-refractivity contribution in [2.45, 2.75) is 19.4 Å². The molecule has 0 bridgehead atoms. The zero-order valence-electron chi connectivity index (χ0n) is 10.5. The fourth-order valence-corrected chi connectivity index (χ4v) is 1.66. The second kappa shape index (κ2) is 6.81. The number of benzene rings is 1. The molecule has 2 nitrogen and oxygen atoms in total. The number of methoxy groups -OCH3 is 1. The first-order chi connectivity index (χ1) is 8.95. The zero-order chi connectivity index (χ0) is 14.6. The minimum Gasteiger partial charge on any atom is -0.383 e. The summed E-state index contributed by atoms with van der Waals surface area (Å²) in [6.45, 7) is 1.95. The average Bonchev–Trinajstić information content (AvgIpc) is 2.40. The average molecular weight is 283 g/mol. The number of hydrogen-bond donors (Lipinski definition) is 1. The van der Waals surface area contributed by atoms with Crippen molar-refractivity contribution in [2.75, 3.05) is 20.3 Å². The van der Waals surface area contributed by atoms with E-state index in [1.54, 1.807) is 6.92 Å². The van der Waals surface area contributed by atoms with Crippen LogP contribution in [0.5, 0.6) is 0 Å². The van der Waals surface area contributed by atoms with Crippen LogP contribution in [0.4, 0.5) is 22.0 Å². The van der Waals surface area contributed by atoms with E-state index in [9.17, 15) is 22.0 Å². The fraction of sp³-hybridized carbons (Fsp3) is 0.500. The summed E-state index contributed by atoms with van der Waals surface area (Å²) in [7, 11) is 1.27. The second-order valence-electron chi connectivity index (χ2n) is 3.95. The fourth-order valence-electron chi connectivity index (χ4n) is 1.66. The van der Waals surface area contributed by atoms with E-state index in [4.69, 9.17) is 4.74 Å². The highest BCUT2D eigenvalue weighted by molar-refractivity contribution is 5.27. The van der Waals surface area contributed by atoms with Gasteiger partial charge < -0.3 is 10.1 Å². The molecule has 0 amide bonds. The van der Waals surface area contributed by atoms with Crippen molar-refractivity contribution in [3.8, 4) is 0 Å². The highest BCUT2D eigenvalue weighted by atomic mass is 19.2. The quantitative estimate of drug-likeness (QED) is 0.492. The maximum Gasteiger partial charge on any atom is 0.200 e. The van der Waals surface area contributed by atoms with Gasteiger partial charge in [-0.3, -0.25) is 0 Å². The molecule has 0 aliphatic heterocycles. The van der Waals surface area contributed by atoms with Gasteiger partial charge in [0.2, 0.25) is 5.82 Å². The van der Waals surface area contributed by atoms with Crippen molar-refractivity contribution in [3.05, 3.63) is 34.6 Å². The lowest BCUT2D eigenvalue weighted by Crippen LogP contribution is -2.29. The van der Waals surface area contributed by atoms with Crippen LogP contribution >= 0.6 is 0 Å². The molecule has 1 aromatic rings. The Morgan fingerprint density at radius 2 is 1.42 bits per heavy atom. The molecule has 1 N–H and O–H groups in total. The summed E-state index contributed by atoms with van der Waals surface area (Å²) in [6.07, 6.45) is 0.635. The number of nitrogens with one attached hydrogen (secondary N) is 1. The van der Waals surface area contributed by atoms with Crippen LogP contribution < -0.4 is 5.32 Å². The normalized spacial score (nSPS) is 12.8. The van der Waals surface area contributed by atoms with Gasteiger partial charge in [0, 0.05) is 12.7 Å². The molecule has 0 saturated carbocycles. The summed E-state index contributed by atoms with van der Waals surface area (Å²) in [5.41, 5.74) is -0.897. The number of halogens is 5. The Labute approximate surface area is 107 Å². The predicted molar refractivity (Wildman–Crippen MR) is 59.1 cm³/mol. The molecule has 0 heterocycles. The molecule has 0 radical (unpaired) electrons. The molecular weight excluding hydrogens is 269 g/mol. The molecule has 0 fully saturated rings. The Kier molecular flexibility index (Phi) is 5.68. The Hall–Kier alpha value is -1.21. The lowest BCUT2D eigenvalue weighted by Gasteiger charge is -2.20. The number of hydrogen-bond acceptors (Lipinski definition) is 2. The summed E-state index contributed by atoms with van der Waals surface area (Å²) in [4.78, 5) is 0. The first kappa shape index (κ1) is 15.8. The second-order valence-corrected chi connectivity index (χ2v) is 3.95. The van der Waals surface area contributed by atoms with Gasteiger partial charge in [-0.25, -0.2) is 22.0 Å². The summed E-state index contributed by atoms with van der Waals surface area (Å²) < 4.78 is 71.0. The topological polar surface area (TPSA) is 21.3 Å². The highest BCUT2D eigenvalue weighted by Crippen LogP contribution is 2.27. The van der Waals surface area contributed by atoms with E-state index in [1.807, 2.05) is 0 Å². The minimum absolute atomic E-state index is 0.210. The van der Waals surface area contributed by atoms with Crippen LogP contribution in [0, 0.1) is 29.1 Å². The van der Waals surface area contributed by atoms with Crippen molar-refractivity contribution in [2.24, 2.45) is 0 Å². The van der Waals surface area contributed by atoms with E-state index in [2.05, 4.69) is 5.32 Å². The molecule has 1 rings (SSSR count). The van der Waals surface area contributed by atoms with Crippen LogP contribution in [0.15, 0.2) is 0 Å². The minimum atomic E-state index is -2.16. The predicted octanol–water partition coefficient (Wildman–Crippen LogP) is 3.07. The zero-order valence-corrected chi connectivity index (χ0v) is 10.5. The van der Waals surface area contributed by atoms with Gasteiger partial charge in [-0.15, -0.1) is 0 Å². The van der Waals surface area contributed by atoms with Crippen LogP contribution in [-0.4, -0.2) is 20.3 Å². The van der Waals surface area contributed by atoms with Gasteiger partial charge in [0.15, 0.2) is 23.3 Å². The van der Waals surface area contributed by atoms with Crippen molar-refractivity contribution < 1.29 is 26.7 Å². The molecule has 1 unspecified atom stereocenters. The molecule has 108 valence electrons. The highest BCUT2D eigenvalue weighted by Gasteiger charge is 2.30. The van der Waals surface area contributed by atoms with Gasteiger partial charge in [0.05, 0.1) is 12.6 Å². The molecular formula is C12H14F5NO. The SMILES string of the molecule is CCCNC(COC)c1c(F)c(F)c(F)c(F)c1F. The Morgan fingerprint density at radius 1 is 0.947 bits per heavy atom. The van der Waals surface area contributed by atoms with E-state index in [1.165, 1.54) is 7.11 Å². The monoisotopic (exact) mass is 283 g/mol. The first-order valence-corrected chi connectivity index (χ1v) is 5.69. The molecule has 0 saturated heterocycles. The van der Waals surface area contributed by atoms with Crippen molar-refractivity contribution in [1.82, 2.24) is 5.32 Å². The van der Waals surface area contributed by atoms with Crippen LogP contribution in [0.2, 0.25) is 0 Å². The summed E-state index contributed by atoms with van der Waals surface area (Å²) in [6, 6.07) is -1.10. The van der Waals surface area contributed by atoms with E-state index in [0.29, 0.717) is 13.0 Å².